The Labute approximate surface area is 101 Å². The Balaban J connectivity index is 2.70. The number of Topliss-reactive ketones (excluding diaryl/α,β-unsaturated/α-hetero) is 1. The fraction of sp³-hybridized carbons (Fsp3) is 0.462. The topological polar surface area (TPSA) is 77.2 Å². The maximum atomic E-state index is 11.5. The molecule has 1 aliphatic carbocycles. The van der Waals surface area contributed by atoms with Crippen LogP contribution in [0.2, 0.25) is 0 Å². The lowest BCUT2D eigenvalue weighted by Gasteiger charge is -2.14. The first-order valence-electron chi connectivity index (χ1n) is 5.81. The third-order valence-electron chi connectivity index (χ3n) is 2.84. The highest BCUT2D eigenvalue weighted by Crippen LogP contribution is 2.20. The average Bonchev–Trinajstić information content (AvgIpc) is 2.29. The fourth-order valence-electron chi connectivity index (χ4n) is 1.78. The predicted octanol–water partition coefficient (Wildman–Crippen LogP) is 1.30. The molecule has 1 aliphatic rings. The molecule has 0 radical (unpaired) electrons. The first-order chi connectivity index (χ1) is 8.06. The summed E-state index contributed by atoms with van der Waals surface area (Å²) in [7, 11) is 0. The van der Waals surface area contributed by atoms with Crippen LogP contribution in [0, 0.1) is 5.92 Å². The van der Waals surface area contributed by atoms with Gasteiger partial charge in [-0.1, -0.05) is 31.9 Å². The number of nitrogens with two attached hydrogens (primary N) is 1. The van der Waals surface area contributed by atoms with Crippen LogP contribution in [-0.4, -0.2) is 17.5 Å². The van der Waals surface area contributed by atoms with Crippen molar-refractivity contribution in [1.82, 2.24) is 0 Å². The molecule has 1 unspecified atom stereocenters. The summed E-state index contributed by atoms with van der Waals surface area (Å²) >= 11 is 0. The number of carbonyl (C=O) groups excluding carboxylic acids is 3. The Morgan fingerprint density at radius 2 is 2.12 bits per heavy atom. The molecule has 17 heavy (non-hydrogen) atoms. The van der Waals surface area contributed by atoms with Crippen molar-refractivity contribution in [2.45, 2.75) is 32.6 Å². The summed E-state index contributed by atoms with van der Waals surface area (Å²) < 4.78 is 0. The summed E-state index contributed by atoms with van der Waals surface area (Å²) in [6.07, 6.45) is 7.15. The predicted molar refractivity (Wildman–Crippen MR) is 64.1 cm³/mol. The molecule has 0 fully saturated rings. The zero-order chi connectivity index (χ0) is 12.8. The molecule has 1 rings (SSSR count). The summed E-state index contributed by atoms with van der Waals surface area (Å²) in [5.41, 5.74) is 5.68. The SMILES string of the molecule is CCCCC(CC1=CC=CC(=O)C1=O)C(N)=O. The minimum atomic E-state index is -0.527. The summed E-state index contributed by atoms with van der Waals surface area (Å²) in [6, 6.07) is 0. The largest absolute Gasteiger partial charge is 0.369 e. The van der Waals surface area contributed by atoms with Gasteiger partial charge in [0.25, 0.3) is 0 Å². The highest BCUT2D eigenvalue weighted by molar-refractivity contribution is 6.48. The molecular weight excluding hydrogens is 218 g/mol. The summed E-state index contributed by atoms with van der Waals surface area (Å²) in [6.45, 7) is 2.02. The summed E-state index contributed by atoms with van der Waals surface area (Å²) in [5.74, 6) is -1.81. The van der Waals surface area contributed by atoms with Gasteiger partial charge in [-0.25, -0.2) is 0 Å². The van der Waals surface area contributed by atoms with Gasteiger partial charge in [0, 0.05) is 11.5 Å². The zero-order valence-electron chi connectivity index (χ0n) is 9.94. The second-order valence-electron chi connectivity index (χ2n) is 4.19. The van der Waals surface area contributed by atoms with Gasteiger partial charge in [0.1, 0.15) is 0 Å². The van der Waals surface area contributed by atoms with E-state index in [0.717, 1.165) is 12.8 Å². The van der Waals surface area contributed by atoms with Crippen molar-refractivity contribution in [2.75, 3.05) is 0 Å². The number of amides is 1. The molecule has 0 bridgehead atoms. The molecule has 1 amide bonds. The molecule has 0 spiro atoms. The van der Waals surface area contributed by atoms with Crippen molar-refractivity contribution < 1.29 is 14.4 Å². The van der Waals surface area contributed by atoms with Crippen molar-refractivity contribution in [3.8, 4) is 0 Å². The minimum absolute atomic E-state index is 0.268. The lowest BCUT2D eigenvalue weighted by atomic mass is 9.89. The van der Waals surface area contributed by atoms with E-state index in [-0.39, 0.29) is 12.3 Å². The van der Waals surface area contributed by atoms with E-state index in [0.29, 0.717) is 12.0 Å². The Kier molecular flexibility index (Phi) is 4.82. The van der Waals surface area contributed by atoms with E-state index < -0.39 is 17.5 Å². The molecule has 0 saturated heterocycles. The molecule has 2 N–H and O–H groups in total. The number of unbranched alkanes of at least 4 members (excludes halogenated alkanes) is 1. The van der Waals surface area contributed by atoms with Crippen molar-refractivity contribution in [2.24, 2.45) is 11.7 Å². The third-order valence-corrected chi connectivity index (χ3v) is 2.84. The molecule has 0 aliphatic heterocycles. The van der Waals surface area contributed by atoms with Crippen LogP contribution in [0.1, 0.15) is 32.6 Å². The van der Waals surface area contributed by atoms with E-state index in [2.05, 4.69) is 0 Å². The number of primary amides is 1. The van der Waals surface area contributed by atoms with Gasteiger partial charge in [0.2, 0.25) is 17.5 Å². The third kappa shape index (κ3) is 3.66. The van der Waals surface area contributed by atoms with Gasteiger partial charge in [0.05, 0.1) is 0 Å². The second kappa shape index (κ2) is 6.13. The number of rotatable bonds is 6. The highest BCUT2D eigenvalue weighted by atomic mass is 16.2. The van der Waals surface area contributed by atoms with Crippen LogP contribution < -0.4 is 5.73 Å². The molecule has 4 nitrogen and oxygen atoms in total. The monoisotopic (exact) mass is 235 g/mol. The first-order valence-corrected chi connectivity index (χ1v) is 5.81. The van der Waals surface area contributed by atoms with E-state index in [1.807, 2.05) is 6.92 Å². The van der Waals surface area contributed by atoms with Gasteiger partial charge in [-0.15, -0.1) is 0 Å². The minimum Gasteiger partial charge on any atom is -0.369 e. The maximum absolute atomic E-state index is 11.5. The van der Waals surface area contributed by atoms with E-state index in [4.69, 9.17) is 5.73 Å². The van der Waals surface area contributed by atoms with Crippen LogP contribution in [0.3, 0.4) is 0 Å². The van der Waals surface area contributed by atoms with Gasteiger partial charge in [-0.3, -0.25) is 14.4 Å². The van der Waals surface area contributed by atoms with Gasteiger partial charge in [-0.2, -0.15) is 0 Å². The number of carbonyl (C=O) groups is 3. The Bertz CT molecular complexity index is 393. The lowest BCUT2D eigenvalue weighted by molar-refractivity contribution is -0.132. The number of ketones is 2. The molecule has 0 aromatic carbocycles. The standard InChI is InChI=1S/C13H17NO3/c1-2-3-5-10(13(14)17)8-9-6-4-7-11(15)12(9)16/h4,6-7,10H,2-3,5,8H2,1H3,(H2,14,17). The zero-order valence-corrected chi connectivity index (χ0v) is 9.94. The molecule has 0 heterocycles. The van der Waals surface area contributed by atoms with E-state index >= 15 is 0 Å². The maximum Gasteiger partial charge on any atom is 0.228 e. The molecule has 0 aromatic rings. The lowest BCUT2D eigenvalue weighted by Crippen LogP contribution is -2.26. The second-order valence-corrected chi connectivity index (χ2v) is 4.19. The van der Waals surface area contributed by atoms with Crippen LogP contribution in [0.15, 0.2) is 23.8 Å². The Morgan fingerprint density at radius 3 is 2.71 bits per heavy atom. The van der Waals surface area contributed by atoms with E-state index in [1.54, 1.807) is 6.08 Å². The number of hydrogen-bond donors (Lipinski definition) is 1. The van der Waals surface area contributed by atoms with Crippen LogP contribution in [0.4, 0.5) is 0 Å². The Morgan fingerprint density at radius 1 is 1.41 bits per heavy atom. The van der Waals surface area contributed by atoms with E-state index in [1.165, 1.54) is 12.2 Å². The van der Waals surface area contributed by atoms with Gasteiger partial charge < -0.3 is 5.73 Å². The summed E-state index contributed by atoms with van der Waals surface area (Å²) in [5, 5.41) is 0. The van der Waals surface area contributed by atoms with Crippen molar-refractivity contribution in [3.63, 3.8) is 0 Å². The Hall–Kier alpha value is -1.71. The normalized spacial score (nSPS) is 16.9. The highest BCUT2D eigenvalue weighted by Gasteiger charge is 2.24. The summed E-state index contributed by atoms with van der Waals surface area (Å²) in [4.78, 5) is 34.0. The van der Waals surface area contributed by atoms with Crippen LogP contribution in [0.5, 0.6) is 0 Å². The smallest absolute Gasteiger partial charge is 0.228 e. The first kappa shape index (κ1) is 13.4. The van der Waals surface area contributed by atoms with Crippen LogP contribution >= 0.6 is 0 Å². The molecule has 0 aromatic heterocycles. The van der Waals surface area contributed by atoms with Crippen molar-refractivity contribution in [3.05, 3.63) is 23.8 Å². The quantitative estimate of drug-likeness (QED) is 0.557. The molecular formula is C13H17NO3. The molecule has 1 atom stereocenters. The van der Waals surface area contributed by atoms with Gasteiger partial charge >= 0.3 is 0 Å². The van der Waals surface area contributed by atoms with Crippen LogP contribution in [0.25, 0.3) is 0 Å². The van der Waals surface area contributed by atoms with Gasteiger partial charge in [0.15, 0.2) is 0 Å². The molecule has 0 saturated carbocycles. The average molecular weight is 235 g/mol. The number of allylic oxidation sites excluding steroid dienone is 4. The molecule has 92 valence electrons. The van der Waals surface area contributed by atoms with Gasteiger partial charge in [-0.05, 0) is 18.9 Å². The number of hydrogen-bond acceptors (Lipinski definition) is 3. The van der Waals surface area contributed by atoms with Crippen molar-refractivity contribution >= 4 is 17.5 Å². The molecule has 4 heteroatoms. The van der Waals surface area contributed by atoms with Crippen LogP contribution in [-0.2, 0) is 14.4 Å². The van der Waals surface area contributed by atoms with Crippen molar-refractivity contribution in [1.29, 1.82) is 0 Å². The van der Waals surface area contributed by atoms with E-state index in [9.17, 15) is 14.4 Å². The fourth-order valence-corrected chi connectivity index (χ4v) is 1.78.